The quantitative estimate of drug-likeness (QED) is 0.761. The van der Waals surface area contributed by atoms with Crippen LogP contribution >= 0.6 is 0 Å². The van der Waals surface area contributed by atoms with Crippen LogP contribution in [0, 0.1) is 5.92 Å². The highest BCUT2D eigenvalue weighted by Gasteiger charge is 2.30. The molecule has 0 aromatic rings. The van der Waals surface area contributed by atoms with E-state index in [9.17, 15) is 5.11 Å². The predicted molar refractivity (Wildman–Crippen MR) is 85.0 cm³/mol. The van der Waals surface area contributed by atoms with Crippen LogP contribution in [0.3, 0.4) is 0 Å². The average Bonchev–Trinajstić information content (AvgIpc) is 2.70. The number of hydrogen-bond donors (Lipinski definition) is 2. The van der Waals surface area contributed by atoms with E-state index in [0.717, 1.165) is 25.3 Å². The fourth-order valence-electron chi connectivity index (χ4n) is 3.85. The molecule has 1 saturated carbocycles. The highest BCUT2D eigenvalue weighted by atomic mass is 16.3. The zero-order valence-electron chi connectivity index (χ0n) is 13.5. The molecule has 1 heterocycles. The summed E-state index contributed by atoms with van der Waals surface area (Å²) in [6.45, 7) is 9.04. The van der Waals surface area contributed by atoms with Crippen molar-refractivity contribution in [2.45, 2.75) is 76.9 Å². The first-order chi connectivity index (χ1) is 9.63. The van der Waals surface area contributed by atoms with Gasteiger partial charge in [0.1, 0.15) is 0 Å². The van der Waals surface area contributed by atoms with Gasteiger partial charge in [-0.25, -0.2) is 0 Å². The second kappa shape index (κ2) is 7.77. The highest BCUT2D eigenvalue weighted by molar-refractivity contribution is 4.86. The Labute approximate surface area is 125 Å². The molecular formula is C17H34N2O. The van der Waals surface area contributed by atoms with E-state index in [2.05, 4.69) is 24.1 Å². The molecule has 0 aromatic carbocycles. The lowest BCUT2D eigenvalue weighted by Crippen LogP contribution is -2.47. The number of piperidine rings is 1. The van der Waals surface area contributed by atoms with E-state index in [-0.39, 0.29) is 0 Å². The molecule has 0 amide bonds. The molecule has 1 atom stereocenters. The van der Waals surface area contributed by atoms with Crippen molar-refractivity contribution in [3.05, 3.63) is 0 Å². The van der Waals surface area contributed by atoms with Crippen LogP contribution in [-0.4, -0.2) is 47.8 Å². The molecule has 1 aliphatic carbocycles. The molecule has 20 heavy (non-hydrogen) atoms. The van der Waals surface area contributed by atoms with Gasteiger partial charge in [0.2, 0.25) is 0 Å². The van der Waals surface area contributed by atoms with Gasteiger partial charge in [-0.1, -0.05) is 32.6 Å². The first-order valence-electron chi connectivity index (χ1n) is 8.81. The standard InChI is InChI=1S/C17H34N2O/c1-3-19-12-8-16(9-13-19)15(2)18-14-17(20)10-6-4-5-7-11-17/h15-16,18,20H,3-14H2,1-2H3. The van der Waals surface area contributed by atoms with Gasteiger partial charge in [-0.3, -0.25) is 0 Å². The topological polar surface area (TPSA) is 35.5 Å². The van der Waals surface area contributed by atoms with Gasteiger partial charge in [-0.05, 0) is 58.2 Å². The normalized spacial score (nSPS) is 27.1. The maximum absolute atomic E-state index is 10.7. The molecule has 118 valence electrons. The van der Waals surface area contributed by atoms with Crippen LogP contribution in [0.2, 0.25) is 0 Å². The van der Waals surface area contributed by atoms with E-state index in [1.807, 2.05) is 0 Å². The lowest BCUT2D eigenvalue weighted by atomic mass is 9.89. The van der Waals surface area contributed by atoms with Gasteiger partial charge < -0.3 is 15.3 Å². The summed E-state index contributed by atoms with van der Waals surface area (Å²) in [5, 5.41) is 14.4. The molecular weight excluding hydrogens is 248 g/mol. The van der Waals surface area contributed by atoms with Crippen molar-refractivity contribution in [2.24, 2.45) is 5.92 Å². The summed E-state index contributed by atoms with van der Waals surface area (Å²) in [6, 6.07) is 0.543. The molecule has 3 nitrogen and oxygen atoms in total. The van der Waals surface area contributed by atoms with Crippen LogP contribution in [0.5, 0.6) is 0 Å². The minimum Gasteiger partial charge on any atom is -0.389 e. The van der Waals surface area contributed by atoms with Crippen LogP contribution in [0.1, 0.15) is 65.2 Å². The summed E-state index contributed by atoms with van der Waals surface area (Å²) in [5.41, 5.74) is -0.436. The maximum Gasteiger partial charge on any atom is 0.0771 e. The smallest absolute Gasteiger partial charge is 0.0771 e. The Bertz CT molecular complexity index is 266. The second-order valence-electron chi connectivity index (χ2n) is 7.08. The summed E-state index contributed by atoms with van der Waals surface area (Å²) in [6.07, 6.45) is 9.58. The van der Waals surface area contributed by atoms with Crippen molar-refractivity contribution < 1.29 is 5.11 Å². The molecule has 1 unspecified atom stereocenters. The Hall–Kier alpha value is -0.120. The molecule has 2 fully saturated rings. The van der Waals surface area contributed by atoms with Gasteiger partial charge in [0.25, 0.3) is 0 Å². The van der Waals surface area contributed by atoms with Gasteiger partial charge >= 0.3 is 0 Å². The monoisotopic (exact) mass is 282 g/mol. The average molecular weight is 282 g/mol. The van der Waals surface area contributed by atoms with E-state index in [1.165, 1.54) is 58.2 Å². The molecule has 2 N–H and O–H groups in total. The Kier molecular flexibility index (Phi) is 6.31. The Morgan fingerprint density at radius 3 is 2.30 bits per heavy atom. The largest absolute Gasteiger partial charge is 0.389 e. The predicted octanol–water partition coefficient (Wildman–Crippen LogP) is 2.78. The lowest BCUT2D eigenvalue weighted by Gasteiger charge is -2.36. The first-order valence-corrected chi connectivity index (χ1v) is 8.81. The molecule has 2 aliphatic rings. The molecule has 2 rings (SSSR count). The summed E-state index contributed by atoms with van der Waals surface area (Å²) in [4.78, 5) is 2.54. The summed E-state index contributed by atoms with van der Waals surface area (Å²) < 4.78 is 0. The van der Waals surface area contributed by atoms with Crippen LogP contribution in [0.4, 0.5) is 0 Å². The zero-order chi connectivity index (χ0) is 14.4. The van der Waals surface area contributed by atoms with E-state index >= 15 is 0 Å². The summed E-state index contributed by atoms with van der Waals surface area (Å²) in [5.74, 6) is 0.784. The fraction of sp³-hybridized carbons (Fsp3) is 1.00. The van der Waals surface area contributed by atoms with Gasteiger partial charge in [0.15, 0.2) is 0 Å². The molecule has 1 saturated heterocycles. The Morgan fingerprint density at radius 2 is 1.75 bits per heavy atom. The van der Waals surface area contributed by atoms with E-state index in [4.69, 9.17) is 0 Å². The number of hydrogen-bond acceptors (Lipinski definition) is 3. The second-order valence-corrected chi connectivity index (χ2v) is 7.08. The number of nitrogens with one attached hydrogen (secondary N) is 1. The van der Waals surface area contributed by atoms with Crippen LogP contribution < -0.4 is 5.32 Å². The van der Waals surface area contributed by atoms with Crippen molar-refractivity contribution >= 4 is 0 Å². The van der Waals surface area contributed by atoms with E-state index < -0.39 is 5.60 Å². The third-order valence-electron chi connectivity index (χ3n) is 5.57. The highest BCUT2D eigenvalue weighted by Crippen LogP contribution is 2.27. The third kappa shape index (κ3) is 4.71. The summed E-state index contributed by atoms with van der Waals surface area (Å²) in [7, 11) is 0. The van der Waals surface area contributed by atoms with Crippen molar-refractivity contribution in [2.75, 3.05) is 26.2 Å². The number of aliphatic hydroxyl groups is 1. The minimum absolute atomic E-state index is 0.436. The molecule has 0 radical (unpaired) electrons. The molecule has 1 aliphatic heterocycles. The number of likely N-dealkylation sites (tertiary alicyclic amines) is 1. The van der Waals surface area contributed by atoms with Crippen molar-refractivity contribution in [1.82, 2.24) is 10.2 Å². The van der Waals surface area contributed by atoms with Crippen LogP contribution in [0.15, 0.2) is 0 Å². The Balaban J connectivity index is 1.72. The molecule has 0 aromatic heterocycles. The first kappa shape index (κ1) is 16.3. The van der Waals surface area contributed by atoms with Crippen molar-refractivity contribution in [3.8, 4) is 0 Å². The van der Waals surface area contributed by atoms with Crippen molar-refractivity contribution in [3.63, 3.8) is 0 Å². The van der Waals surface area contributed by atoms with Crippen LogP contribution in [0.25, 0.3) is 0 Å². The fourth-order valence-corrected chi connectivity index (χ4v) is 3.85. The van der Waals surface area contributed by atoms with Gasteiger partial charge in [-0.15, -0.1) is 0 Å². The van der Waals surface area contributed by atoms with Crippen LogP contribution in [-0.2, 0) is 0 Å². The number of nitrogens with zero attached hydrogens (tertiary/aromatic N) is 1. The third-order valence-corrected chi connectivity index (χ3v) is 5.57. The lowest BCUT2D eigenvalue weighted by molar-refractivity contribution is 0.0199. The zero-order valence-corrected chi connectivity index (χ0v) is 13.5. The minimum atomic E-state index is -0.436. The molecule has 3 heteroatoms. The maximum atomic E-state index is 10.7. The van der Waals surface area contributed by atoms with Crippen molar-refractivity contribution in [1.29, 1.82) is 0 Å². The summed E-state index contributed by atoms with van der Waals surface area (Å²) >= 11 is 0. The van der Waals surface area contributed by atoms with E-state index in [0.29, 0.717) is 6.04 Å². The van der Waals surface area contributed by atoms with Gasteiger partial charge in [0, 0.05) is 12.6 Å². The van der Waals surface area contributed by atoms with Gasteiger partial charge in [0.05, 0.1) is 5.60 Å². The number of rotatable bonds is 5. The van der Waals surface area contributed by atoms with Gasteiger partial charge in [-0.2, -0.15) is 0 Å². The van der Waals surface area contributed by atoms with E-state index in [1.54, 1.807) is 0 Å². The Morgan fingerprint density at radius 1 is 1.15 bits per heavy atom. The molecule has 0 bridgehead atoms. The SMILES string of the molecule is CCN1CCC(C(C)NCC2(O)CCCCCC2)CC1. The molecule has 0 spiro atoms.